The molecule has 1 rings (SSSR count). The van der Waals surface area contributed by atoms with Crippen LogP contribution in [0.3, 0.4) is 0 Å². The lowest BCUT2D eigenvalue weighted by molar-refractivity contribution is 0.580. The molecule has 0 amide bonds. The predicted octanol–water partition coefficient (Wildman–Crippen LogP) is 2.65. The highest BCUT2D eigenvalue weighted by atomic mass is 35.5. The van der Waals surface area contributed by atoms with E-state index < -0.39 is 20.9 Å². The van der Waals surface area contributed by atoms with Crippen LogP contribution in [0.1, 0.15) is 0 Å². The molecular formula is C8H7Cl3FNO2S. The van der Waals surface area contributed by atoms with Crippen LogP contribution in [0.2, 0.25) is 10.0 Å². The topological polar surface area (TPSA) is 46.2 Å². The van der Waals surface area contributed by atoms with E-state index in [-0.39, 0.29) is 22.3 Å². The van der Waals surface area contributed by atoms with Crippen LogP contribution in [0.15, 0.2) is 17.0 Å². The van der Waals surface area contributed by atoms with Gasteiger partial charge in [0.2, 0.25) is 10.0 Å². The van der Waals surface area contributed by atoms with Gasteiger partial charge >= 0.3 is 0 Å². The molecule has 0 unspecified atom stereocenters. The molecule has 0 heterocycles. The molecule has 8 heteroatoms. The van der Waals surface area contributed by atoms with E-state index in [9.17, 15) is 12.8 Å². The van der Waals surface area contributed by atoms with E-state index in [4.69, 9.17) is 34.8 Å². The second kappa shape index (κ2) is 5.51. The molecule has 0 fully saturated rings. The summed E-state index contributed by atoms with van der Waals surface area (Å²) in [5.41, 5.74) is 0. The second-order valence-electron chi connectivity index (χ2n) is 2.76. The van der Waals surface area contributed by atoms with Crippen LogP contribution < -0.4 is 4.72 Å². The largest absolute Gasteiger partial charge is 0.242 e. The predicted molar refractivity (Wildman–Crippen MR) is 62.3 cm³/mol. The second-order valence-corrected chi connectivity index (χ2v) is 5.66. The molecule has 3 nitrogen and oxygen atoms in total. The summed E-state index contributed by atoms with van der Waals surface area (Å²) in [4.78, 5) is -0.360. The number of alkyl halides is 1. The molecule has 0 spiro atoms. The maximum atomic E-state index is 13.3. The molecule has 16 heavy (non-hydrogen) atoms. The Morgan fingerprint density at radius 3 is 2.50 bits per heavy atom. The highest BCUT2D eigenvalue weighted by Gasteiger charge is 2.21. The molecule has 1 N–H and O–H groups in total. The van der Waals surface area contributed by atoms with E-state index in [1.807, 2.05) is 0 Å². The molecule has 0 saturated heterocycles. The minimum absolute atomic E-state index is 0.0322. The van der Waals surface area contributed by atoms with Gasteiger partial charge in [-0.15, -0.1) is 11.6 Å². The monoisotopic (exact) mass is 305 g/mol. The fourth-order valence-electron chi connectivity index (χ4n) is 0.966. The number of halogens is 4. The maximum Gasteiger partial charge on any atom is 0.242 e. The van der Waals surface area contributed by atoms with Crippen molar-refractivity contribution in [1.29, 1.82) is 0 Å². The molecule has 0 aliphatic carbocycles. The highest BCUT2D eigenvalue weighted by Crippen LogP contribution is 2.29. The maximum absolute atomic E-state index is 13.3. The first kappa shape index (κ1) is 14.0. The summed E-state index contributed by atoms with van der Waals surface area (Å²) in [5, 5.41) is -0.768. The number of hydrogen-bond acceptors (Lipinski definition) is 2. The molecular weight excluding hydrogens is 300 g/mol. The lowest BCUT2D eigenvalue weighted by atomic mass is 10.3. The van der Waals surface area contributed by atoms with E-state index in [0.29, 0.717) is 0 Å². The summed E-state index contributed by atoms with van der Waals surface area (Å²) in [5.74, 6) is -0.857. The average Bonchev–Trinajstić information content (AvgIpc) is 2.23. The Bertz CT molecular complexity index is 492. The molecule has 0 aliphatic heterocycles. The highest BCUT2D eigenvalue weighted by molar-refractivity contribution is 7.89. The Balaban J connectivity index is 3.19. The first-order valence-electron chi connectivity index (χ1n) is 4.09. The zero-order chi connectivity index (χ0) is 12.3. The molecule has 1 aromatic carbocycles. The fourth-order valence-corrected chi connectivity index (χ4v) is 2.95. The summed E-state index contributed by atoms with van der Waals surface area (Å²) in [6, 6.07) is 2.25. The molecule has 0 saturated carbocycles. The number of benzene rings is 1. The lowest BCUT2D eigenvalue weighted by Crippen LogP contribution is -2.26. The van der Waals surface area contributed by atoms with Gasteiger partial charge in [-0.1, -0.05) is 23.2 Å². The van der Waals surface area contributed by atoms with Crippen molar-refractivity contribution in [2.45, 2.75) is 4.90 Å². The van der Waals surface area contributed by atoms with Gasteiger partial charge in [0.15, 0.2) is 5.82 Å². The van der Waals surface area contributed by atoms with E-state index in [2.05, 4.69) is 4.72 Å². The third-order valence-electron chi connectivity index (χ3n) is 1.68. The lowest BCUT2D eigenvalue weighted by Gasteiger charge is -2.08. The van der Waals surface area contributed by atoms with Gasteiger partial charge in [0.05, 0.1) is 10.0 Å². The van der Waals surface area contributed by atoms with Crippen LogP contribution in [-0.4, -0.2) is 20.8 Å². The molecule has 0 aromatic heterocycles. The Kier molecular flexibility index (Phi) is 4.82. The van der Waals surface area contributed by atoms with Crippen LogP contribution >= 0.6 is 34.8 Å². The number of sulfonamides is 1. The van der Waals surface area contributed by atoms with E-state index >= 15 is 0 Å². The average molecular weight is 307 g/mol. The quantitative estimate of drug-likeness (QED) is 0.686. The van der Waals surface area contributed by atoms with E-state index in [1.165, 1.54) is 0 Å². The van der Waals surface area contributed by atoms with Crippen molar-refractivity contribution in [2.75, 3.05) is 12.4 Å². The van der Waals surface area contributed by atoms with Crippen molar-refractivity contribution in [3.05, 3.63) is 28.0 Å². The molecule has 1 aromatic rings. The van der Waals surface area contributed by atoms with Crippen molar-refractivity contribution in [3.63, 3.8) is 0 Å². The van der Waals surface area contributed by atoms with Gasteiger partial charge in [0.25, 0.3) is 0 Å². The smallest absolute Gasteiger partial charge is 0.210 e. The van der Waals surface area contributed by atoms with E-state index in [0.717, 1.165) is 12.1 Å². The SMILES string of the molecule is O=S(=O)(NCCCl)c1ccc(Cl)c(F)c1Cl. The number of rotatable bonds is 4. The van der Waals surface area contributed by atoms with Crippen LogP contribution in [0.25, 0.3) is 0 Å². The van der Waals surface area contributed by atoms with Crippen molar-refractivity contribution in [3.8, 4) is 0 Å². The summed E-state index contributed by atoms with van der Waals surface area (Å²) in [6.45, 7) is 0.0322. The van der Waals surface area contributed by atoms with Gasteiger partial charge in [-0.2, -0.15) is 0 Å². The zero-order valence-corrected chi connectivity index (χ0v) is 10.9. The first-order valence-corrected chi connectivity index (χ1v) is 6.86. The molecule has 90 valence electrons. The third kappa shape index (κ3) is 2.99. The van der Waals surface area contributed by atoms with Crippen molar-refractivity contribution < 1.29 is 12.8 Å². The summed E-state index contributed by atoms with van der Waals surface area (Å²) in [7, 11) is -3.86. The molecule has 0 radical (unpaired) electrons. The van der Waals surface area contributed by atoms with E-state index in [1.54, 1.807) is 0 Å². The number of nitrogens with one attached hydrogen (secondary N) is 1. The van der Waals surface area contributed by atoms with Crippen LogP contribution in [-0.2, 0) is 10.0 Å². The van der Waals surface area contributed by atoms with Gasteiger partial charge in [-0.05, 0) is 12.1 Å². The van der Waals surface area contributed by atoms with Gasteiger partial charge < -0.3 is 0 Å². The molecule has 0 aliphatic rings. The van der Waals surface area contributed by atoms with Crippen molar-refractivity contribution in [2.24, 2.45) is 0 Å². The van der Waals surface area contributed by atoms with Crippen LogP contribution in [0.5, 0.6) is 0 Å². The summed E-state index contributed by atoms with van der Waals surface area (Å²) < 4.78 is 38.6. The van der Waals surface area contributed by atoms with Crippen LogP contribution in [0.4, 0.5) is 4.39 Å². The fraction of sp³-hybridized carbons (Fsp3) is 0.250. The molecule has 0 bridgehead atoms. The van der Waals surface area contributed by atoms with Gasteiger partial charge in [-0.25, -0.2) is 17.5 Å². The Morgan fingerprint density at radius 2 is 1.94 bits per heavy atom. The Morgan fingerprint density at radius 1 is 1.31 bits per heavy atom. The Labute approximate surface area is 108 Å². The normalized spacial score (nSPS) is 11.8. The first-order chi connectivity index (χ1) is 7.40. The van der Waals surface area contributed by atoms with Crippen molar-refractivity contribution >= 4 is 44.8 Å². The Hall–Kier alpha value is -0.0700. The van der Waals surface area contributed by atoms with Crippen molar-refractivity contribution in [1.82, 2.24) is 4.72 Å². The third-order valence-corrected chi connectivity index (χ3v) is 4.14. The minimum Gasteiger partial charge on any atom is -0.210 e. The van der Waals surface area contributed by atoms with Crippen LogP contribution in [0, 0.1) is 5.82 Å². The minimum atomic E-state index is -3.86. The molecule has 0 atom stereocenters. The van der Waals surface area contributed by atoms with Gasteiger partial charge in [-0.3, -0.25) is 0 Å². The zero-order valence-electron chi connectivity index (χ0n) is 7.81. The summed E-state index contributed by atoms with van der Waals surface area (Å²) in [6.07, 6.45) is 0. The van der Waals surface area contributed by atoms with Gasteiger partial charge in [0, 0.05) is 12.4 Å². The standard InChI is InChI=1S/C8H7Cl3FNO2S/c9-3-4-13-16(14,15)6-2-1-5(10)8(12)7(6)11/h1-2,13H,3-4H2. The summed E-state index contributed by atoms with van der Waals surface area (Å²) >= 11 is 16.3. The van der Waals surface area contributed by atoms with Gasteiger partial charge in [0.1, 0.15) is 4.90 Å². The number of hydrogen-bond donors (Lipinski definition) is 1.